The number of carbonyl (C=O) groups excluding carboxylic acids is 1. The van der Waals surface area contributed by atoms with Gasteiger partial charge < -0.3 is 4.90 Å². The van der Waals surface area contributed by atoms with Crippen LogP contribution in [0.2, 0.25) is 0 Å². The predicted molar refractivity (Wildman–Crippen MR) is 71.6 cm³/mol. The van der Waals surface area contributed by atoms with Crippen LogP contribution in [0.1, 0.15) is 37.8 Å². The highest BCUT2D eigenvalue weighted by molar-refractivity contribution is 5.86. The summed E-state index contributed by atoms with van der Waals surface area (Å²) in [6.45, 7) is 9.26. The number of carbonyl (C=O) groups is 1. The van der Waals surface area contributed by atoms with Crippen molar-refractivity contribution < 1.29 is 4.79 Å². The number of ketones is 1. The molecule has 1 saturated heterocycles. The summed E-state index contributed by atoms with van der Waals surface area (Å²) in [5, 5.41) is 0. The molecular formula is C15H21NO. The zero-order valence-corrected chi connectivity index (χ0v) is 11.2. The van der Waals surface area contributed by atoms with E-state index in [0.717, 1.165) is 6.42 Å². The summed E-state index contributed by atoms with van der Waals surface area (Å²) < 4.78 is 0. The van der Waals surface area contributed by atoms with E-state index >= 15 is 0 Å². The van der Waals surface area contributed by atoms with Crippen LogP contribution >= 0.6 is 0 Å². The van der Waals surface area contributed by atoms with E-state index in [1.165, 1.54) is 16.8 Å². The van der Waals surface area contributed by atoms with E-state index in [1.807, 2.05) is 0 Å². The molecule has 0 aliphatic carbocycles. The summed E-state index contributed by atoms with van der Waals surface area (Å²) in [6.07, 6.45) is 1.66. The molecule has 0 amide bonds. The Kier molecular flexibility index (Phi) is 2.98. The molecule has 1 fully saturated rings. The summed E-state index contributed by atoms with van der Waals surface area (Å²) in [5.74, 6) is 0.352. The van der Waals surface area contributed by atoms with Crippen LogP contribution in [0.5, 0.6) is 0 Å². The number of benzene rings is 1. The lowest BCUT2D eigenvalue weighted by atomic mass is 9.88. The van der Waals surface area contributed by atoms with Crippen LogP contribution in [-0.2, 0) is 4.79 Å². The Balaban J connectivity index is 2.43. The molecule has 1 aliphatic heterocycles. The minimum Gasteiger partial charge on any atom is -0.359 e. The average molecular weight is 231 g/mol. The van der Waals surface area contributed by atoms with E-state index in [4.69, 9.17) is 0 Å². The number of anilines is 1. The molecular weight excluding hydrogens is 210 g/mol. The first kappa shape index (κ1) is 12.2. The van der Waals surface area contributed by atoms with Crippen molar-refractivity contribution in [2.45, 2.75) is 46.1 Å². The minimum atomic E-state index is 0.0759. The first-order valence-electron chi connectivity index (χ1n) is 6.27. The van der Waals surface area contributed by atoms with E-state index in [1.54, 1.807) is 0 Å². The number of hydrogen-bond acceptors (Lipinski definition) is 2. The Morgan fingerprint density at radius 2 is 1.94 bits per heavy atom. The normalized spacial score (nSPS) is 19.5. The van der Waals surface area contributed by atoms with Crippen LogP contribution < -0.4 is 4.90 Å². The molecule has 0 saturated carbocycles. The molecule has 2 nitrogen and oxygen atoms in total. The van der Waals surface area contributed by atoms with Crippen molar-refractivity contribution in [3.63, 3.8) is 0 Å². The second-order valence-electron chi connectivity index (χ2n) is 5.66. The third-order valence-corrected chi connectivity index (χ3v) is 3.95. The van der Waals surface area contributed by atoms with Crippen molar-refractivity contribution in [3.05, 3.63) is 29.3 Å². The summed E-state index contributed by atoms with van der Waals surface area (Å²) in [6, 6.07) is 6.33. The molecule has 17 heavy (non-hydrogen) atoms. The smallest absolute Gasteiger partial charge is 0.152 e. The fraction of sp³-hybridized carbons (Fsp3) is 0.533. The van der Waals surface area contributed by atoms with Crippen LogP contribution in [0.3, 0.4) is 0 Å². The van der Waals surface area contributed by atoms with Crippen molar-refractivity contribution in [1.82, 2.24) is 0 Å². The maximum absolute atomic E-state index is 11.7. The highest BCUT2D eigenvalue weighted by Gasteiger charge is 2.34. The lowest BCUT2D eigenvalue weighted by Gasteiger charge is -2.44. The van der Waals surface area contributed by atoms with Gasteiger partial charge in [-0.1, -0.05) is 12.1 Å². The van der Waals surface area contributed by atoms with Crippen LogP contribution in [0.4, 0.5) is 5.69 Å². The number of nitrogens with zero attached hydrogens (tertiary/aromatic N) is 1. The first-order chi connectivity index (χ1) is 7.92. The topological polar surface area (TPSA) is 20.3 Å². The zero-order valence-electron chi connectivity index (χ0n) is 11.2. The molecule has 1 heterocycles. The maximum atomic E-state index is 11.7. The quantitative estimate of drug-likeness (QED) is 0.739. The Morgan fingerprint density at radius 3 is 2.65 bits per heavy atom. The monoisotopic (exact) mass is 231 g/mol. The van der Waals surface area contributed by atoms with E-state index in [-0.39, 0.29) is 5.54 Å². The molecule has 0 spiro atoms. The van der Waals surface area contributed by atoms with Crippen LogP contribution in [0.15, 0.2) is 18.2 Å². The number of aryl methyl sites for hydroxylation is 1. The van der Waals surface area contributed by atoms with Gasteiger partial charge in [0.1, 0.15) is 0 Å². The van der Waals surface area contributed by atoms with Gasteiger partial charge in [-0.05, 0) is 51.3 Å². The van der Waals surface area contributed by atoms with Gasteiger partial charge in [-0.2, -0.15) is 0 Å². The molecule has 0 aromatic heterocycles. The standard InChI is InChI=1S/C15H21NO/c1-11-6-5-7-14(12(11)2)16-10-13(17)8-9-15(16,3)4/h5-7H,8-10H2,1-4H3. The van der Waals surface area contributed by atoms with Gasteiger partial charge in [0, 0.05) is 17.6 Å². The number of piperidine rings is 1. The fourth-order valence-electron chi connectivity index (χ4n) is 2.49. The van der Waals surface area contributed by atoms with Crippen LogP contribution in [0, 0.1) is 13.8 Å². The molecule has 0 atom stereocenters. The molecule has 1 aromatic carbocycles. The predicted octanol–water partition coefficient (Wildman–Crippen LogP) is 3.25. The van der Waals surface area contributed by atoms with Gasteiger partial charge in [-0.25, -0.2) is 0 Å². The van der Waals surface area contributed by atoms with Gasteiger partial charge in [-0.3, -0.25) is 4.79 Å². The highest BCUT2D eigenvalue weighted by Crippen LogP contribution is 2.34. The van der Waals surface area contributed by atoms with Gasteiger partial charge >= 0.3 is 0 Å². The van der Waals surface area contributed by atoms with Crippen molar-refractivity contribution in [2.24, 2.45) is 0 Å². The summed E-state index contributed by atoms with van der Waals surface area (Å²) >= 11 is 0. The molecule has 0 unspecified atom stereocenters. The summed E-state index contributed by atoms with van der Waals surface area (Å²) in [7, 11) is 0. The van der Waals surface area contributed by atoms with Crippen molar-refractivity contribution in [2.75, 3.05) is 11.4 Å². The van der Waals surface area contributed by atoms with E-state index in [0.29, 0.717) is 18.7 Å². The summed E-state index contributed by atoms with van der Waals surface area (Å²) in [5.41, 5.74) is 3.86. The Labute approximate surface area is 104 Å². The lowest BCUT2D eigenvalue weighted by molar-refractivity contribution is -0.119. The van der Waals surface area contributed by atoms with Gasteiger partial charge in [-0.15, -0.1) is 0 Å². The van der Waals surface area contributed by atoms with Crippen LogP contribution in [-0.4, -0.2) is 17.9 Å². The van der Waals surface area contributed by atoms with E-state index < -0.39 is 0 Å². The lowest BCUT2D eigenvalue weighted by Crippen LogP contribution is -2.51. The third-order valence-electron chi connectivity index (χ3n) is 3.95. The molecule has 0 bridgehead atoms. The molecule has 2 rings (SSSR count). The molecule has 0 radical (unpaired) electrons. The van der Waals surface area contributed by atoms with E-state index in [9.17, 15) is 4.79 Å². The maximum Gasteiger partial charge on any atom is 0.152 e. The zero-order chi connectivity index (χ0) is 12.6. The molecule has 1 aromatic rings. The Morgan fingerprint density at radius 1 is 1.24 bits per heavy atom. The SMILES string of the molecule is Cc1cccc(N2CC(=O)CCC2(C)C)c1C. The third kappa shape index (κ3) is 2.21. The van der Waals surface area contributed by atoms with Gasteiger partial charge in [0.05, 0.1) is 6.54 Å². The Bertz CT molecular complexity index is 448. The van der Waals surface area contributed by atoms with E-state index in [2.05, 4.69) is 50.8 Å². The van der Waals surface area contributed by atoms with Gasteiger partial charge in [0.25, 0.3) is 0 Å². The minimum absolute atomic E-state index is 0.0759. The van der Waals surface area contributed by atoms with Crippen molar-refractivity contribution >= 4 is 11.5 Å². The highest BCUT2D eigenvalue weighted by atomic mass is 16.1. The molecule has 0 N–H and O–H groups in total. The number of rotatable bonds is 1. The molecule has 1 aliphatic rings. The number of hydrogen-bond donors (Lipinski definition) is 0. The van der Waals surface area contributed by atoms with Crippen molar-refractivity contribution in [3.8, 4) is 0 Å². The second-order valence-corrected chi connectivity index (χ2v) is 5.66. The van der Waals surface area contributed by atoms with Crippen LogP contribution in [0.25, 0.3) is 0 Å². The molecule has 92 valence electrons. The Hall–Kier alpha value is -1.31. The summed E-state index contributed by atoms with van der Waals surface area (Å²) in [4.78, 5) is 14.0. The van der Waals surface area contributed by atoms with Crippen molar-refractivity contribution in [1.29, 1.82) is 0 Å². The largest absolute Gasteiger partial charge is 0.359 e. The molecule has 2 heteroatoms. The number of Topliss-reactive ketones (excluding diaryl/α,β-unsaturated/α-hetero) is 1. The van der Waals surface area contributed by atoms with Gasteiger partial charge in [0.2, 0.25) is 0 Å². The first-order valence-corrected chi connectivity index (χ1v) is 6.27. The van der Waals surface area contributed by atoms with Gasteiger partial charge in [0.15, 0.2) is 5.78 Å². The average Bonchev–Trinajstić information content (AvgIpc) is 2.26. The fourth-order valence-corrected chi connectivity index (χ4v) is 2.49. The second kappa shape index (κ2) is 4.17.